The topological polar surface area (TPSA) is 3.24 Å². The van der Waals surface area contributed by atoms with E-state index in [0.717, 1.165) is 21.5 Å². The lowest BCUT2D eigenvalue weighted by Crippen LogP contribution is -2.09. The highest BCUT2D eigenvalue weighted by molar-refractivity contribution is 9.10. The second kappa shape index (κ2) is 14.3. The van der Waals surface area contributed by atoms with Gasteiger partial charge in [0.25, 0.3) is 0 Å². The first-order valence-corrected chi connectivity index (χ1v) is 17.7. The maximum atomic E-state index is 3.79. The summed E-state index contributed by atoms with van der Waals surface area (Å²) in [5.41, 5.74) is 15.3. The second-order valence-corrected chi connectivity index (χ2v) is 13.1. The number of nitrogens with zero attached hydrogens (tertiary/aromatic N) is 1. The predicted molar refractivity (Wildman–Crippen MR) is 216 cm³/mol. The molecule has 8 aromatic rings. The summed E-state index contributed by atoms with van der Waals surface area (Å²) < 4.78 is 1.09. The van der Waals surface area contributed by atoms with E-state index in [0.29, 0.717) is 0 Å². The van der Waals surface area contributed by atoms with E-state index in [4.69, 9.17) is 0 Å². The largest absolute Gasteiger partial charge is 0.311 e. The van der Waals surface area contributed by atoms with Crippen LogP contribution in [0.4, 0.5) is 17.1 Å². The molecule has 0 fully saturated rings. The quantitative estimate of drug-likeness (QED) is 0.152. The summed E-state index contributed by atoms with van der Waals surface area (Å²) in [6.07, 6.45) is 0. The van der Waals surface area contributed by atoms with Gasteiger partial charge in [-0.15, -0.1) is 0 Å². The van der Waals surface area contributed by atoms with Crippen molar-refractivity contribution >= 4 is 33.0 Å². The van der Waals surface area contributed by atoms with Crippen LogP contribution in [-0.4, -0.2) is 0 Å². The molecule has 8 aromatic carbocycles. The average molecular weight is 705 g/mol. The van der Waals surface area contributed by atoms with Crippen LogP contribution in [0.3, 0.4) is 0 Å². The first-order chi connectivity index (χ1) is 24.7. The van der Waals surface area contributed by atoms with E-state index < -0.39 is 0 Å². The van der Waals surface area contributed by atoms with Crippen LogP contribution in [-0.2, 0) is 0 Å². The van der Waals surface area contributed by atoms with Crippen LogP contribution < -0.4 is 4.90 Å². The molecule has 0 unspecified atom stereocenters. The van der Waals surface area contributed by atoms with Gasteiger partial charge in [-0.05, 0) is 98.1 Å². The van der Waals surface area contributed by atoms with Crippen molar-refractivity contribution in [1.82, 2.24) is 0 Å². The number of hydrogen-bond donors (Lipinski definition) is 0. The zero-order valence-electron chi connectivity index (χ0n) is 27.5. The first kappa shape index (κ1) is 31.3. The monoisotopic (exact) mass is 703 g/mol. The maximum absolute atomic E-state index is 3.79. The van der Waals surface area contributed by atoms with Crippen molar-refractivity contribution in [3.05, 3.63) is 211 Å². The molecule has 8 rings (SSSR count). The Morgan fingerprint density at radius 1 is 0.240 bits per heavy atom. The summed E-state index contributed by atoms with van der Waals surface area (Å²) >= 11 is 3.79. The van der Waals surface area contributed by atoms with Crippen molar-refractivity contribution in [1.29, 1.82) is 0 Å². The Balaban J connectivity index is 1.18. The third-order valence-corrected chi connectivity index (χ3v) is 9.90. The van der Waals surface area contributed by atoms with Crippen LogP contribution in [0.25, 0.3) is 55.6 Å². The Bertz CT molecular complexity index is 2260. The van der Waals surface area contributed by atoms with Gasteiger partial charge in [0.2, 0.25) is 0 Å². The molecule has 0 heterocycles. The standard InChI is InChI=1S/C48H34BrN/c49-48-22-12-11-21-47(48)46-20-10-9-19-45(46)44-18-8-7-17-43(44)39-27-33-42(34-28-39)50(40-29-23-37(24-30-40)35-13-3-1-4-14-35)41-31-25-38(26-32-41)36-15-5-2-6-16-36/h1-34H. The third-order valence-electron chi connectivity index (χ3n) is 9.21. The molecular weight excluding hydrogens is 670 g/mol. The first-order valence-electron chi connectivity index (χ1n) is 16.9. The molecule has 0 N–H and O–H groups in total. The Labute approximate surface area is 302 Å². The Hall–Kier alpha value is -5.96. The smallest absolute Gasteiger partial charge is 0.0462 e. The van der Waals surface area contributed by atoms with Crippen molar-refractivity contribution in [3.8, 4) is 55.6 Å². The highest BCUT2D eigenvalue weighted by atomic mass is 79.9. The molecule has 0 aromatic heterocycles. The zero-order chi connectivity index (χ0) is 33.7. The highest BCUT2D eigenvalue weighted by Crippen LogP contribution is 2.42. The number of hydrogen-bond acceptors (Lipinski definition) is 1. The van der Waals surface area contributed by atoms with Crippen molar-refractivity contribution in [2.24, 2.45) is 0 Å². The van der Waals surface area contributed by atoms with Crippen LogP contribution in [0.5, 0.6) is 0 Å². The van der Waals surface area contributed by atoms with Crippen molar-refractivity contribution in [3.63, 3.8) is 0 Å². The minimum absolute atomic E-state index is 1.09. The lowest BCUT2D eigenvalue weighted by Gasteiger charge is -2.26. The number of halogens is 1. The summed E-state index contributed by atoms with van der Waals surface area (Å²) in [5.74, 6) is 0. The van der Waals surface area contributed by atoms with E-state index in [1.165, 1.54) is 55.6 Å². The van der Waals surface area contributed by atoms with Gasteiger partial charge in [-0.1, -0.05) is 180 Å². The fourth-order valence-corrected chi connectivity index (χ4v) is 7.20. The lowest BCUT2D eigenvalue weighted by atomic mass is 9.89. The summed E-state index contributed by atoms with van der Waals surface area (Å²) in [7, 11) is 0. The molecule has 1 nitrogen and oxygen atoms in total. The number of anilines is 3. The van der Waals surface area contributed by atoms with Crippen molar-refractivity contribution < 1.29 is 0 Å². The van der Waals surface area contributed by atoms with Crippen molar-refractivity contribution in [2.75, 3.05) is 4.90 Å². The van der Waals surface area contributed by atoms with Gasteiger partial charge in [-0.2, -0.15) is 0 Å². The fourth-order valence-electron chi connectivity index (χ4n) is 6.71. The van der Waals surface area contributed by atoms with Crippen LogP contribution in [0.2, 0.25) is 0 Å². The van der Waals surface area contributed by atoms with Gasteiger partial charge >= 0.3 is 0 Å². The Morgan fingerprint density at radius 2 is 0.540 bits per heavy atom. The van der Waals surface area contributed by atoms with Crippen LogP contribution in [0.1, 0.15) is 0 Å². The molecule has 0 aliphatic heterocycles. The molecule has 0 amide bonds. The predicted octanol–water partition coefficient (Wildman–Crippen LogP) is 14.3. The van der Waals surface area contributed by atoms with E-state index in [9.17, 15) is 0 Å². The molecule has 0 aliphatic rings. The van der Waals surface area contributed by atoms with Gasteiger partial charge in [0.15, 0.2) is 0 Å². The summed E-state index contributed by atoms with van der Waals surface area (Å²) in [4.78, 5) is 2.33. The summed E-state index contributed by atoms with van der Waals surface area (Å²) in [5, 5.41) is 0. The Morgan fingerprint density at radius 3 is 0.980 bits per heavy atom. The number of benzene rings is 8. The van der Waals surface area contributed by atoms with E-state index in [1.807, 2.05) is 0 Å². The average Bonchev–Trinajstić information content (AvgIpc) is 3.20. The Kier molecular flexibility index (Phi) is 8.93. The minimum atomic E-state index is 1.09. The minimum Gasteiger partial charge on any atom is -0.311 e. The van der Waals surface area contributed by atoms with Crippen LogP contribution in [0.15, 0.2) is 211 Å². The van der Waals surface area contributed by atoms with Gasteiger partial charge < -0.3 is 4.90 Å². The molecule has 0 radical (unpaired) electrons. The molecule has 0 saturated heterocycles. The molecule has 50 heavy (non-hydrogen) atoms. The van der Waals surface area contributed by atoms with E-state index in [1.54, 1.807) is 0 Å². The van der Waals surface area contributed by atoms with Crippen molar-refractivity contribution in [2.45, 2.75) is 0 Å². The number of rotatable bonds is 8. The highest BCUT2D eigenvalue weighted by Gasteiger charge is 2.16. The molecule has 0 atom stereocenters. The summed E-state index contributed by atoms with van der Waals surface area (Å²) in [6, 6.07) is 73.6. The van der Waals surface area contributed by atoms with Crippen LogP contribution in [0, 0.1) is 0 Å². The van der Waals surface area contributed by atoms with E-state index in [2.05, 4.69) is 227 Å². The van der Waals surface area contributed by atoms with Gasteiger partial charge in [-0.3, -0.25) is 0 Å². The normalized spacial score (nSPS) is 10.9. The molecular formula is C48H34BrN. The molecule has 0 bridgehead atoms. The van der Waals surface area contributed by atoms with Crippen LogP contribution >= 0.6 is 15.9 Å². The third kappa shape index (κ3) is 6.42. The molecule has 0 aliphatic carbocycles. The molecule has 0 spiro atoms. The molecule has 238 valence electrons. The van der Waals surface area contributed by atoms with E-state index in [-0.39, 0.29) is 0 Å². The zero-order valence-corrected chi connectivity index (χ0v) is 29.0. The SMILES string of the molecule is Brc1ccccc1-c1ccccc1-c1ccccc1-c1ccc(N(c2ccc(-c3ccccc3)cc2)c2ccc(-c3ccccc3)cc2)cc1. The maximum Gasteiger partial charge on any atom is 0.0462 e. The summed E-state index contributed by atoms with van der Waals surface area (Å²) in [6.45, 7) is 0. The fraction of sp³-hybridized carbons (Fsp3) is 0. The molecule has 0 saturated carbocycles. The van der Waals surface area contributed by atoms with Gasteiger partial charge in [0.1, 0.15) is 0 Å². The van der Waals surface area contributed by atoms with Gasteiger partial charge in [0, 0.05) is 21.5 Å². The lowest BCUT2D eigenvalue weighted by molar-refractivity contribution is 1.28. The van der Waals surface area contributed by atoms with Gasteiger partial charge in [0.05, 0.1) is 0 Å². The second-order valence-electron chi connectivity index (χ2n) is 12.3. The van der Waals surface area contributed by atoms with Gasteiger partial charge in [-0.25, -0.2) is 0 Å². The molecule has 2 heteroatoms. The van der Waals surface area contributed by atoms with E-state index >= 15 is 0 Å².